The fourth-order valence-electron chi connectivity index (χ4n) is 9.71. The van der Waals surface area contributed by atoms with E-state index in [2.05, 4.69) is 111 Å². The molecule has 0 aliphatic rings. The molecule has 0 heterocycles. The Morgan fingerprint density at radius 1 is 0.434 bits per heavy atom. The van der Waals surface area contributed by atoms with Gasteiger partial charge in [-0.2, -0.15) is 0 Å². The molecule has 0 radical (unpaired) electrons. The van der Waals surface area contributed by atoms with Crippen molar-refractivity contribution < 1.29 is 37.3 Å². The second-order valence-corrected chi connectivity index (χ2v) is 25.8. The summed E-state index contributed by atoms with van der Waals surface area (Å²) in [7, 11) is 1.46. The number of carbonyl (C=O) groups is 2. The smallest absolute Gasteiger partial charge is 0.456 e. The summed E-state index contributed by atoms with van der Waals surface area (Å²) in [5, 5.41) is 3.05. The Morgan fingerprint density at radius 3 is 1.20 bits per heavy atom. The number of carbonyl (C=O) groups excluding carboxylic acids is 2. The highest BCUT2D eigenvalue weighted by Crippen LogP contribution is 2.43. The number of esters is 1. The molecule has 3 atom stereocenters. The van der Waals surface area contributed by atoms with Crippen LogP contribution in [0.15, 0.2) is 97.2 Å². The van der Waals surface area contributed by atoms with Gasteiger partial charge >= 0.3 is 13.8 Å². The van der Waals surface area contributed by atoms with Gasteiger partial charge in [-0.05, 0) is 102 Å². The molecule has 0 fully saturated rings. The van der Waals surface area contributed by atoms with Gasteiger partial charge in [-0.3, -0.25) is 18.6 Å². The van der Waals surface area contributed by atoms with Crippen LogP contribution in [0.4, 0.5) is 0 Å². The van der Waals surface area contributed by atoms with Crippen LogP contribution in [0.3, 0.4) is 0 Å². The van der Waals surface area contributed by atoms with Crippen LogP contribution in [-0.2, 0) is 27.9 Å². The first kappa shape index (κ1) is 79.9. The third-order valence-electron chi connectivity index (χ3n) is 15.0. The lowest BCUT2D eigenvalue weighted by molar-refractivity contribution is -0.870. The van der Waals surface area contributed by atoms with Gasteiger partial charge in [0.15, 0.2) is 0 Å². The number of nitrogens with one attached hydrogen (secondary N) is 1. The van der Waals surface area contributed by atoms with Crippen molar-refractivity contribution in [2.45, 2.75) is 315 Å². The topological polar surface area (TPSA) is 111 Å². The van der Waals surface area contributed by atoms with E-state index in [1.807, 2.05) is 33.3 Å². The quantitative estimate of drug-likeness (QED) is 0.0205. The number of allylic oxidation sites excluding steroid dienone is 15. The number of phosphoric ester groups is 1. The summed E-state index contributed by atoms with van der Waals surface area (Å²) in [6, 6.07) is -0.876. The fourth-order valence-corrected chi connectivity index (χ4v) is 10.4. The zero-order valence-electron chi connectivity index (χ0n) is 54.9. The maximum Gasteiger partial charge on any atom is 0.472 e. The highest BCUT2D eigenvalue weighted by atomic mass is 31.2. The summed E-state index contributed by atoms with van der Waals surface area (Å²) >= 11 is 0. The molecule has 83 heavy (non-hydrogen) atoms. The SMILES string of the molecule is CC/C=C\C/C=C\C/C=C\C/C=C\C/C=C\CCCC(=O)OC(/C=C\CCCCCCCCCCCCC)C(COP(=O)(O)OCC[N+](C)(C)C)NC(=O)CCCCCCCCCCCCCCCCCCC/C=C\C/C=C\CCCCC. The van der Waals surface area contributed by atoms with Gasteiger partial charge in [0.05, 0.1) is 33.8 Å². The van der Waals surface area contributed by atoms with Crippen molar-refractivity contribution in [3.63, 3.8) is 0 Å². The molecular weight excluding hydrogens is 1050 g/mol. The number of phosphoric acid groups is 1. The first-order valence-corrected chi connectivity index (χ1v) is 36.1. The summed E-state index contributed by atoms with van der Waals surface area (Å²) in [4.78, 5) is 37.8. The van der Waals surface area contributed by atoms with Gasteiger partial charge in [0.1, 0.15) is 19.3 Å². The van der Waals surface area contributed by atoms with E-state index in [9.17, 15) is 19.0 Å². The van der Waals surface area contributed by atoms with Gasteiger partial charge in [0.2, 0.25) is 5.91 Å². The number of rotatable bonds is 62. The lowest BCUT2D eigenvalue weighted by Gasteiger charge is -2.27. The molecule has 10 heteroatoms. The highest BCUT2D eigenvalue weighted by Gasteiger charge is 2.30. The fraction of sp³-hybridized carbons (Fsp3) is 0.753. The highest BCUT2D eigenvalue weighted by molar-refractivity contribution is 7.47. The Hall–Kier alpha value is -3.07. The maximum absolute atomic E-state index is 13.6. The van der Waals surface area contributed by atoms with Crippen LogP contribution in [0.25, 0.3) is 0 Å². The number of hydrogen-bond acceptors (Lipinski definition) is 6. The minimum absolute atomic E-state index is 0.0286. The third kappa shape index (κ3) is 63.3. The first-order valence-electron chi connectivity index (χ1n) is 34.6. The lowest BCUT2D eigenvalue weighted by Crippen LogP contribution is -2.47. The Kier molecular flexibility index (Phi) is 59.7. The minimum atomic E-state index is -4.47. The van der Waals surface area contributed by atoms with Crippen LogP contribution in [0.1, 0.15) is 303 Å². The van der Waals surface area contributed by atoms with Crippen LogP contribution in [0, 0.1) is 0 Å². The van der Waals surface area contributed by atoms with Crippen LogP contribution >= 0.6 is 7.82 Å². The standard InChI is InChI=1S/C73H131N2O7P/c1-7-10-13-16-19-22-25-28-30-32-33-34-35-36-37-38-39-40-41-43-44-47-50-53-56-59-62-65-72(76)74-70(69-81-83(78,79)80-68-67-75(4,5)6)71(64-61-58-55-52-49-46-27-24-21-18-15-12-9-3)82-73(77)66-63-60-57-54-51-48-45-42-31-29-26-23-20-17-14-11-8-2/h11,14,19-20,22-23,28-31,45,48,54,57,61,64,70-71H,7-10,12-13,15-18,21,24-27,32-44,46-47,49-53,55-56,58-60,62-63,65-69H2,1-6H3,(H-,74,76,78,79)/p+1/b14-11-,22-19-,23-20-,30-28-,31-29-,48-45-,57-54-,64-61-. The number of hydrogen-bond donors (Lipinski definition) is 2. The second-order valence-electron chi connectivity index (χ2n) is 24.3. The van der Waals surface area contributed by atoms with Crippen LogP contribution in [0.5, 0.6) is 0 Å². The Labute approximate surface area is 513 Å². The second kappa shape index (κ2) is 62.0. The molecule has 9 nitrogen and oxygen atoms in total. The number of unbranched alkanes of at least 4 members (excludes halogenated alkanes) is 32. The number of ether oxygens (including phenoxy) is 1. The van der Waals surface area contributed by atoms with Gasteiger partial charge in [0, 0.05) is 12.8 Å². The van der Waals surface area contributed by atoms with Gasteiger partial charge in [-0.15, -0.1) is 0 Å². The number of quaternary nitrogens is 1. The summed E-state index contributed by atoms with van der Waals surface area (Å²) in [6.45, 7) is 6.86. The average Bonchev–Trinajstić information content (AvgIpc) is 3.47. The Bertz CT molecular complexity index is 1740. The van der Waals surface area contributed by atoms with Crippen molar-refractivity contribution in [3.8, 4) is 0 Å². The van der Waals surface area contributed by atoms with Crippen LogP contribution in [0.2, 0.25) is 0 Å². The van der Waals surface area contributed by atoms with E-state index in [0.29, 0.717) is 23.9 Å². The lowest BCUT2D eigenvalue weighted by atomic mass is 10.0. The molecule has 0 aromatic rings. The van der Waals surface area contributed by atoms with E-state index in [0.717, 1.165) is 83.5 Å². The van der Waals surface area contributed by atoms with E-state index in [1.54, 1.807) is 0 Å². The molecule has 0 rings (SSSR count). The zero-order chi connectivity index (χ0) is 60.7. The Balaban J connectivity index is 5.12. The molecule has 0 aromatic heterocycles. The summed E-state index contributed by atoms with van der Waals surface area (Å²) < 4.78 is 30.7. The summed E-state index contributed by atoms with van der Waals surface area (Å²) in [5.41, 5.74) is 0. The van der Waals surface area contributed by atoms with Crippen molar-refractivity contribution in [1.82, 2.24) is 5.32 Å². The molecule has 0 saturated carbocycles. The largest absolute Gasteiger partial charge is 0.472 e. The number of nitrogens with zero attached hydrogens (tertiary/aromatic N) is 1. The van der Waals surface area contributed by atoms with E-state index in [-0.39, 0.29) is 31.5 Å². The molecule has 0 saturated heterocycles. The van der Waals surface area contributed by atoms with Crippen molar-refractivity contribution in [3.05, 3.63) is 97.2 Å². The van der Waals surface area contributed by atoms with E-state index >= 15 is 0 Å². The number of likely N-dealkylation sites (N-methyl/N-ethyl adjacent to an activating group) is 1. The molecule has 0 aliphatic carbocycles. The predicted octanol–water partition coefficient (Wildman–Crippen LogP) is 21.9. The zero-order valence-corrected chi connectivity index (χ0v) is 55.8. The monoisotopic (exact) mass is 1180 g/mol. The van der Waals surface area contributed by atoms with E-state index < -0.39 is 20.0 Å². The minimum Gasteiger partial charge on any atom is -0.456 e. The molecule has 3 unspecified atom stereocenters. The van der Waals surface area contributed by atoms with E-state index in [4.69, 9.17) is 13.8 Å². The van der Waals surface area contributed by atoms with Gasteiger partial charge in [-0.25, -0.2) is 4.57 Å². The first-order chi connectivity index (χ1) is 40.4. The van der Waals surface area contributed by atoms with Crippen molar-refractivity contribution in [1.29, 1.82) is 0 Å². The molecule has 0 aromatic carbocycles. The maximum atomic E-state index is 13.6. The third-order valence-corrected chi connectivity index (χ3v) is 16.0. The van der Waals surface area contributed by atoms with Crippen molar-refractivity contribution >= 4 is 19.7 Å². The number of amides is 1. The molecule has 480 valence electrons. The molecule has 1 amide bonds. The molecule has 2 N–H and O–H groups in total. The van der Waals surface area contributed by atoms with Gasteiger partial charge in [-0.1, -0.05) is 285 Å². The van der Waals surface area contributed by atoms with E-state index in [1.165, 1.54) is 180 Å². The molecule has 0 spiro atoms. The van der Waals surface area contributed by atoms with Crippen molar-refractivity contribution in [2.75, 3.05) is 40.9 Å². The molecular formula is C73H132N2O7P+. The van der Waals surface area contributed by atoms with Crippen molar-refractivity contribution in [2.24, 2.45) is 0 Å². The molecule has 0 bridgehead atoms. The van der Waals surface area contributed by atoms with Gasteiger partial charge in [0.25, 0.3) is 0 Å². The normalized spacial score (nSPS) is 14.2. The Morgan fingerprint density at radius 2 is 0.783 bits per heavy atom. The predicted molar refractivity (Wildman–Crippen MR) is 360 cm³/mol. The van der Waals surface area contributed by atoms with Crippen LogP contribution in [-0.4, -0.2) is 74.3 Å². The summed E-state index contributed by atoms with van der Waals surface area (Å²) in [5.74, 6) is -0.568. The van der Waals surface area contributed by atoms with Gasteiger partial charge < -0.3 is 19.4 Å². The average molecular weight is 1180 g/mol. The van der Waals surface area contributed by atoms with Crippen LogP contribution < -0.4 is 5.32 Å². The molecule has 0 aliphatic heterocycles. The summed E-state index contributed by atoms with van der Waals surface area (Å²) in [6.07, 6.45) is 84.3.